The van der Waals surface area contributed by atoms with Gasteiger partial charge in [0.05, 0.1) is 11.1 Å². The molecule has 80 valence electrons. The van der Waals surface area contributed by atoms with Crippen LogP contribution < -0.4 is 16.6 Å². The molecule has 0 atom stereocenters. The molecule has 0 spiro atoms. The van der Waals surface area contributed by atoms with Gasteiger partial charge >= 0.3 is 5.97 Å². The highest BCUT2D eigenvalue weighted by molar-refractivity contribution is 6.01. The summed E-state index contributed by atoms with van der Waals surface area (Å²) in [5, 5.41) is 11.5. The number of nitrogens with one attached hydrogen (secondary N) is 2. The van der Waals surface area contributed by atoms with E-state index in [1.807, 2.05) is 5.43 Å². The first-order valence-corrected chi connectivity index (χ1v) is 4.16. The minimum Gasteiger partial charge on any atom is -0.478 e. The zero-order valence-electron chi connectivity index (χ0n) is 8.07. The number of hydrazine groups is 1. The van der Waals surface area contributed by atoms with E-state index < -0.39 is 11.9 Å². The Morgan fingerprint density at radius 2 is 2.07 bits per heavy atom. The summed E-state index contributed by atoms with van der Waals surface area (Å²) in [6.45, 7) is 0. The molecular formula is C9H11N3O3. The Kier molecular flexibility index (Phi) is 3.25. The number of aromatic carboxylic acids is 1. The molecule has 15 heavy (non-hydrogen) atoms. The third kappa shape index (κ3) is 2.23. The van der Waals surface area contributed by atoms with Gasteiger partial charge in [-0.3, -0.25) is 10.2 Å². The zero-order valence-corrected chi connectivity index (χ0v) is 8.07. The molecule has 0 aliphatic carbocycles. The number of benzene rings is 1. The molecule has 0 aliphatic rings. The van der Waals surface area contributed by atoms with Gasteiger partial charge in [0.25, 0.3) is 5.91 Å². The summed E-state index contributed by atoms with van der Waals surface area (Å²) in [4.78, 5) is 22.0. The van der Waals surface area contributed by atoms with Gasteiger partial charge < -0.3 is 10.4 Å². The van der Waals surface area contributed by atoms with Crippen LogP contribution in [0.1, 0.15) is 20.7 Å². The number of carboxylic acid groups (broad SMARTS) is 1. The second-order valence-electron chi connectivity index (χ2n) is 2.79. The van der Waals surface area contributed by atoms with Crippen molar-refractivity contribution < 1.29 is 14.7 Å². The van der Waals surface area contributed by atoms with E-state index in [0.717, 1.165) is 0 Å². The third-order valence-corrected chi connectivity index (χ3v) is 1.91. The van der Waals surface area contributed by atoms with Crippen LogP contribution >= 0.6 is 0 Å². The van der Waals surface area contributed by atoms with Gasteiger partial charge in [-0.25, -0.2) is 10.6 Å². The van der Waals surface area contributed by atoms with Crippen LogP contribution in [0.4, 0.5) is 5.69 Å². The number of carbonyl (C=O) groups excluding carboxylic acids is 1. The second kappa shape index (κ2) is 4.43. The van der Waals surface area contributed by atoms with E-state index >= 15 is 0 Å². The molecule has 0 aliphatic heterocycles. The van der Waals surface area contributed by atoms with Crippen LogP contribution in [0, 0.1) is 0 Å². The van der Waals surface area contributed by atoms with Crippen LogP contribution in [0.25, 0.3) is 0 Å². The molecule has 1 aromatic rings. The lowest BCUT2D eigenvalue weighted by Crippen LogP contribution is -2.30. The molecule has 0 saturated carbocycles. The van der Waals surface area contributed by atoms with Crippen molar-refractivity contribution in [3.05, 3.63) is 29.3 Å². The van der Waals surface area contributed by atoms with Crippen LogP contribution in [0.5, 0.6) is 0 Å². The Hall–Kier alpha value is -2.08. The number of nitrogens with two attached hydrogens (primary N) is 1. The normalized spacial score (nSPS) is 9.47. The molecule has 1 rings (SSSR count). The maximum atomic E-state index is 11.3. The summed E-state index contributed by atoms with van der Waals surface area (Å²) in [6, 6.07) is 4.17. The molecule has 6 nitrogen and oxygen atoms in total. The summed E-state index contributed by atoms with van der Waals surface area (Å²) in [6.07, 6.45) is 0. The lowest BCUT2D eigenvalue weighted by Gasteiger charge is -2.08. The monoisotopic (exact) mass is 209 g/mol. The predicted molar refractivity (Wildman–Crippen MR) is 54.6 cm³/mol. The molecule has 0 fully saturated rings. The predicted octanol–water partition coefficient (Wildman–Crippen LogP) is 0.0300. The number of carboxylic acids is 1. The molecule has 0 unspecified atom stereocenters. The van der Waals surface area contributed by atoms with Crippen molar-refractivity contribution in [3.8, 4) is 0 Å². The minimum atomic E-state index is -1.09. The first kappa shape index (κ1) is 11.0. The molecule has 1 aromatic carbocycles. The minimum absolute atomic E-state index is 0.0348. The van der Waals surface area contributed by atoms with E-state index in [2.05, 4.69) is 5.32 Å². The Balaban J connectivity index is 3.25. The topological polar surface area (TPSA) is 104 Å². The Morgan fingerprint density at radius 3 is 2.53 bits per heavy atom. The molecule has 0 aromatic heterocycles. The van der Waals surface area contributed by atoms with E-state index in [1.54, 1.807) is 7.05 Å². The average Bonchev–Trinajstić information content (AvgIpc) is 2.27. The van der Waals surface area contributed by atoms with Crippen molar-refractivity contribution in [2.24, 2.45) is 5.84 Å². The van der Waals surface area contributed by atoms with Crippen molar-refractivity contribution in [1.29, 1.82) is 0 Å². The fourth-order valence-corrected chi connectivity index (χ4v) is 1.16. The lowest BCUT2D eigenvalue weighted by atomic mass is 10.1. The van der Waals surface area contributed by atoms with Gasteiger partial charge in [0.2, 0.25) is 0 Å². The molecule has 0 heterocycles. The number of nitrogen functional groups attached to an aromatic ring is 1. The molecule has 1 amide bonds. The van der Waals surface area contributed by atoms with Crippen molar-refractivity contribution in [2.75, 3.05) is 12.4 Å². The smallest absolute Gasteiger partial charge is 0.335 e. The van der Waals surface area contributed by atoms with Crippen LogP contribution in [-0.4, -0.2) is 24.0 Å². The summed E-state index contributed by atoms with van der Waals surface area (Å²) in [7, 11) is 1.63. The number of amides is 1. The quantitative estimate of drug-likeness (QED) is 0.319. The van der Waals surface area contributed by atoms with Crippen LogP contribution in [-0.2, 0) is 0 Å². The largest absolute Gasteiger partial charge is 0.478 e. The van der Waals surface area contributed by atoms with E-state index in [1.165, 1.54) is 18.2 Å². The Morgan fingerprint density at radius 1 is 1.40 bits per heavy atom. The molecule has 0 bridgehead atoms. The lowest BCUT2D eigenvalue weighted by molar-refractivity contribution is 0.0697. The van der Waals surface area contributed by atoms with E-state index in [-0.39, 0.29) is 11.1 Å². The third-order valence-electron chi connectivity index (χ3n) is 1.91. The first-order valence-electron chi connectivity index (χ1n) is 4.16. The van der Waals surface area contributed by atoms with Crippen molar-refractivity contribution in [1.82, 2.24) is 5.43 Å². The second-order valence-corrected chi connectivity index (χ2v) is 2.79. The summed E-state index contributed by atoms with van der Waals surface area (Å²) >= 11 is 0. The van der Waals surface area contributed by atoms with Gasteiger partial charge in [-0.15, -0.1) is 0 Å². The molecule has 0 saturated heterocycles. The highest BCUT2D eigenvalue weighted by Crippen LogP contribution is 2.16. The molecule has 5 N–H and O–H groups in total. The summed E-state index contributed by atoms with van der Waals surface area (Å²) in [5.41, 5.74) is 2.70. The number of hydrogen-bond donors (Lipinski definition) is 4. The van der Waals surface area contributed by atoms with Gasteiger partial charge in [0.15, 0.2) is 0 Å². The number of hydrogen-bond acceptors (Lipinski definition) is 4. The zero-order chi connectivity index (χ0) is 11.4. The fraction of sp³-hybridized carbons (Fsp3) is 0.111. The highest BCUT2D eigenvalue weighted by atomic mass is 16.4. The molecular weight excluding hydrogens is 198 g/mol. The first-order chi connectivity index (χ1) is 7.10. The van der Waals surface area contributed by atoms with Gasteiger partial charge in [-0.1, -0.05) is 0 Å². The average molecular weight is 209 g/mol. The number of anilines is 1. The highest BCUT2D eigenvalue weighted by Gasteiger charge is 2.12. The van der Waals surface area contributed by atoms with Gasteiger partial charge in [-0.2, -0.15) is 0 Å². The number of carbonyl (C=O) groups is 2. The van der Waals surface area contributed by atoms with Crippen molar-refractivity contribution in [3.63, 3.8) is 0 Å². The fourth-order valence-electron chi connectivity index (χ4n) is 1.16. The Bertz CT molecular complexity index is 404. The standard InChI is InChI=1S/C9H11N3O3/c1-11-7-3-2-5(9(14)15)4-6(7)8(13)12-10/h2-4,11H,10H2,1H3,(H,12,13)(H,14,15). The summed E-state index contributed by atoms with van der Waals surface area (Å²) < 4.78 is 0. The molecule has 6 heteroatoms. The van der Waals surface area contributed by atoms with Crippen molar-refractivity contribution >= 4 is 17.6 Å². The van der Waals surface area contributed by atoms with Gasteiger partial charge in [-0.05, 0) is 18.2 Å². The number of rotatable bonds is 3. The van der Waals surface area contributed by atoms with Gasteiger partial charge in [0.1, 0.15) is 0 Å². The summed E-state index contributed by atoms with van der Waals surface area (Å²) in [5.74, 6) is 3.35. The Labute approximate surface area is 86.1 Å². The van der Waals surface area contributed by atoms with E-state index in [9.17, 15) is 9.59 Å². The maximum absolute atomic E-state index is 11.3. The van der Waals surface area contributed by atoms with Gasteiger partial charge in [0, 0.05) is 12.7 Å². The van der Waals surface area contributed by atoms with E-state index in [0.29, 0.717) is 5.69 Å². The molecule has 0 radical (unpaired) electrons. The maximum Gasteiger partial charge on any atom is 0.335 e. The van der Waals surface area contributed by atoms with E-state index in [4.69, 9.17) is 10.9 Å². The van der Waals surface area contributed by atoms with Crippen LogP contribution in [0.3, 0.4) is 0 Å². The van der Waals surface area contributed by atoms with Crippen LogP contribution in [0.15, 0.2) is 18.2 Å². The SMILES string of the molecule is CNc1ccc(C(=O)O)cc1C(=O)NN. The van der Waals surface area contributed by atoms with Crippen molar-refractivity contribution in [2.45, 2.75) is 0 Å². The van der Waals surface area contributed by atoms with Crippen LogP contribution in [0.2, 0.25) is 0 Å².